The Bertz CT molecular complexity index is 3410. The predicted octanol–water partition coefficient (Wildman–Crippen LogP) is 15.4. The fourth-order valence-corrected chi connectivity index (χ4v) is 12.8. The molecular weight excluding hydrogens is 1080 g/mol. The second kappa shape index (κ2) is 19.5. The van der Waals surface area contributed by atoms with Crippen LogP contribution in [0.1, 0.15) is 77.4 Å². The second-order valence-corrected chi connectivity index (χ2v) is 29.8. The van der Waals surface area contributed by atoms with Crippen LogP contribution in [0.15, 0.2) is 140 Å². The van der Waals surface area contributed by atoms with Crippen LogP contribution in [0, 0.1) is 23.9 Å². The normalized spacial score (nSPS) is 12.9. The molecule has 4 aromatic heterocycles. The molecular formula is C57H52F2GeIrN4S-2. The molecule has 4 nitrogen and oxygen atoms in total. The van der Waals surface area contributed by atoms with Gasteiger partial charge >= 0.3 is 161 Å². The molecule has 1 atom stereocenters. The fraction of sp³-hybridized carbons (Fsp3) is 0.211. The summed E-state index contributed by atoms with van der Waals surface area (Å²) >= 11 is -0.891. The SMILES string of the molecule is CC(C)c1cccc(C(C)C)c1-n1c(-c2[c-]ccc3c2sc2nc(F)ccc23)nc2ccc3ccccc3c21.[2H]C([2H])(c1cc(-c2[c-]cc(F)cc2)nc[c]1[Ge]([CH3])([CH3])[CH3])C(C)c1ccccc1.[Ir]. The van der Waals surface area contributed by atoms with Gasteiger partial charge in [-0.15, -0.1) is 18.2 Å². The van der Waals surface area contributed by atoms with Crippen molar-refractivity contribution in [2.45, 2.75) is 76.0 Å². The van der Waals surface area contributed by atoms with Crippen molar-refractivity contribution in [3.8, 4) is 28.3 Å². The van der Waals surface area contributed by atoms with E-state index in [2.05, 4.69) is 126 Å². The monoisotopic (exact) mass is 1130 g/mol. The Morgan fingerprint density at radius 2 is 1.47 bits per heavy atom. The van der Waals surface area contributed by atoms with Crippen LogP contribution in [-0.2, 0) is 26.5 Å². The third-order valence-electron chi connectivity index (χ3n) is 12.0. The van der Waals surface area contributed by atoms with Crippen molar-refractivity contribution < 1.29 is 31.6 Å². The Labute approximate surface area is 409 Å². The Morgan fingerprint density at radius 1 is 0.742 bits per heavy atom. The van der Waals surface area contributed by atoms with Crippen molar-refractivity contribution in [2.24, 2.45) is 0 Å². The molecule has 4 heterocycles. The molecule has 335 valence electrons. The van der Waals surface area contributed by atoms with Crippen LogP contribution in [0.3, 0.4) is 0 Å². The summed E-state index contributed by atoms with van der Waals surface area (Å²) in [6.07, 6.45) is 0.268. The van der Waals surface area contributed by atoms with Crippen molar-refractivity contribution in [1.29, 1.82) is 0 Å². The van der Waals surface area contributed by atoms with E-state index >= 15 is 0 Å². The summed E-state index contributed by atoms with van der Waals surface area (Å²) in [4.78, 5) is 14.8. The molecule has 10 aromatic rings. The zero-order chi connectivity index (χ0) is 47.4. The molecule has 0 fully saturated rings. The molecule has 66 heavy (non-hydrogen) atoms. The first-order chi connectivity index (χ1) is 32.0. The molecule has 1 unspecified atom stereocenters. The van der Waals surface area contributed by atoms with Crippen LogP contribution in [0.25, 0.3) is 70.4 Å². The molecule has 0 aliphatic heterocycles. The van der Waals surface area contributed by atoms with E-state index in [9.17, 15) is 8.78 Å². The standard InChI is InChI=1S/C34H27FN3S.C23H25FGeN.Ir/c1-19(2)22-11-7-12-23(20(3)4)30(22)38-31-24-10-6-5-9-21(24)15-17-28(31)36-33(38)27-14-8-13-25-26-16-18-29(35)37-34(26)39-32(25)27;1-17(18-8-6-5-7-9-18)14-20-15-23(19-10-12-21(24)13-11-19)26-16-22(20)25(2,3)4;/h5-13,15-20H,1-4H3;5-10,12-13,15-17H,14H2,1-4H3;/q2*-1;/i;14D2;. The molecule has 0 N–H and O–H groups in total. The van der Waals surface area contributed by atoms with Gasteiger partial charge in [-0.1, -0.05) is 87.2 Å². The Balaban J connectivity index is 0.000000192. The molecule has 0 saturated heterocycles. The molecule has 0 aliphatic rings. The van der Waals surface area contributed by atoms with E-state index in [4.69, 9.17) is 7.73 Å². The van der Waals surface area contributed by atoms with Gasteiger partial charge in [-0.25, -0.2) is 4.98 Å². The Hall–Kier alpha value is -5.38. The number of benzene rings is 6. The van der Waals surface area contributed by atoms with Gasteiger partial charge in [-0.2, -0.15) is 15.7 Å². The molecule has 1 radical (unpaired) electrons. The first-order valence-corrected chi connectivity index (χ1v) is 30.4. The molecule has 0 spiro atoms. The van der Waals surface area contributed by atoms with E-state index in [1.165, 1.54) is 51.7 Å². The number of hydrogen-bond acceptors (Lipinski definition) is 4. The quantitative estimate of drug-likeness (QED) is 0.0822. The second-order valence-electron chi connectivity index (χ2n) is 18.3. The van der Waals surface area contributed by atoms with E-state index < -0.39 is 25.6 Å². The Kier molecular flexibility index (Phi) is 13.1. The molecule has 6 aromatic carbocycles. The topological polar surface area (TPSA) is 43.6 Å². The molecule has 0 aliphatic carbocycles. The van der Waals surface area contributed by atoms with E-state index in [0.29, 0.717) is 33.5 Å². The van der Waals surface area contributed by atoms with Crippen molar-refractivity contribution in [3.05, 3.63) is 186 Å². The van der Waals surface area contributed by atoms with Gasteiger partial charge in [-0.05, 0) is 51.2 Å². The number of fused-ring (bicyclic) bond motifs is 6. The third-order valence-corrected chi connectivity index (χ3v) is 17.4. The summed E-state index contributed by atoms with van der Waals surface area (Å²) in [7, 11) is 0. The number of halogens is 2. The summed E-state index contributed by atoms with van der Waals surface area (Å²) in [6.45, 7) is 10.9. The zero-order valence-electron chi connectivity index (χ0n) is 40.3. The molecule has 10 rings (SSSR count). The van der Waals surface area contributed by atoms with Crippen molar-refractivity contribution in [2.75, 3.05) is 0 Å². The van der Waals surface area contributed by atoms with Crippen LogP contribution >= 0.6 is 11.3 Å². The van der Waals surface area contributed by atoms with E-state index in [1.54, 1.807) is 6.07 Å². The minimum atomic E-state index is -2.39. The number of hydrogen-bond donors (Lipinski definition) is 0. The average molecular weight is 1130 g/mol. The van der Waals surface area contributed by atoms with Gasteiger partial charge in [0.2, 0.25) is 5.95 Å². The molecule has 9 heteroatoms. The van der Waals surface area contributed by atoms with Crippen LogP contribution in [0.5, 0.6) is 0 Å². The van der Waals surface area contributed by atoms with Gasteiger partial charge in [0.25, 0.3) is 0 Å². The smallest absolute Gasteiger partial charge is 0 e. The number of imidazole rings is 1. The zero-order valence-corrected chi connectivity index (χ0v) is 43.6. The van der Waals surface area contributed by atoms with Gasteiger partial charge in [-0.3, -0.25) is 4.98 Å². The van der Waals surface area contributed by atoms with E-state index in [0.717, 1.165) is 53.2 Å². The molecule has 0 bridgehead atoms. The number of nitrogens with zero attached hydrogens (tertiary/aromatic N) is 4. The largest absolute Gasteiger partial charge is 0 e. The van der Waals surface area contributed by atoms with Crippen LogP contribution in [0.2, 0.25) is 17.3 Å². The van der Waals surface area contributed by atoms with Gasteiger partial charge in [0.1, 0.15) is 4.83 Å². The first kappa shape index (κ1) is 44.5. The number of rotatable bonds is 9. The number of pyridine rings is 2. The maximum atomic E-state index is 14.1. The minimum Gasteiger partial charge on any atom is 0 e. The van der Waals surface area contributed by atoms with E-state index in [1.807, 2.05) is 67.7 Å². The van der Waals surface area contributed by atoms with Gasteiger partial charge < -0.3 is 4.57 Å². The van der Waals surface area contributed by atoms with Gasteiger partial charge in [0.05, 0.1) is 16.9 Å². The van der Waals surface area contributed by atoms with Crippen molar-refractivity contribution in [1.82, 2.24) is 19.5 Å². The summed E-state index contributed by atoms with van der Waals surface area (Å²) in [5.41, 5.74) is 9.63. The van der Waals surface area contributed by atoms with Gasteiger partial charge in [0.15, 0.2) is 0 Å². The molecule has 0 saturated carbocycles. The first-order valence-electron chi connectivity index (χ1n) is 23.2. The van der Waals surface area contributed by atoms with Crippen LogP contribution < -0.4 is 4.40 Å². The number of para-hydroxylation sites is 1. The van der Waals surface area contributed by atoms with Crippen molar-refractivity contribution >= 4 is 71.1 Å². The summed E-state index contributed by atoms with van der Waals surface area (Å²) in [5.74, 6) is 7.07. The minimum absolute atomic E-state index is 0. The van der Waals surface area contributed by atoms with E-state index in [-0.39, 0.29) is 31.8 Å². The molecule has 0 amide bonds. The third kappa shape index (κ3) is 9.31. The number of thiophene rings is 1. The fourth-order valence-electron chi connectivity index (χ4n) is 8.70. The Morgan fingerprint density at radius 3 is 2.17 bits per heavy atom. The maximum absolute atomic E-state index is 14.1. The van der Waals surface area contributed by atoms with Crippen LogP contribution in [0.4, 0.5) is 8.78 Å². The van der Waals surface area contributed by atoms with Gasteiger partial charge in [0, 0.05) is 36.6 Å². The summed E-state index contributed by atoms with van der Waals surface area (Å²) in [5, 5.41) is 4.33. The van der Waals surface area contributed by atoms with Crippen LogP contribution in [-0.4, -0.2) is 32.8 Å². The number of aromatic nitrogens is 4. The maximum Gasteiger partial charge on any atom is 0 e. The predicted molar refractivity (Wildman–Crippen MR) is 272 cm³/mol. The summed E-state index contributed by atoms with van der Waals surface area (Å²) in [6, 6.07) is 49.0. The average Bonchev–Trinajstić information content (AvgIpc) is 3.90. The summed E-state index contributed by atoms with van der Waals surface area (Å²) < 4.78 is 49.8. The van der Waals surface area contributed by atoms with Crippen molar-refractivity contribution in [3.63, 3.8) is 0 Å².